The van der Waals surface area contributed by atoms with Gasteiger partial charge in [0.1, 0.15) is 12.4 Å². The van der Waals surface area contributed by atoms with Crippen LogP contribution in [-0.2, 0) is 0 Å². The zero-order valence-corrected chi connectivity index (χ0v) is 12.7. The number of nitrogens with one attached hydrogen (secondary N) is 1. The molecule has 1 aromatic rings. The predicted molar refractivity (Wildman–Crippen MR) is 84.9 cm³/mol. The number of rotatable bonds is 10. The molecule has 1 rings (SSSR count). The molecule has 0 bridgehead atoms. The molecule has 20 heavy (non-hydrogen) atoms. The summed E-state index contributed by atoms with van der Waals surface area (Å²) in [6, 6.07) is 7.15. The molecule has 6 heteroatoms. The van der Waals surface area contributed by atoms with Crippen LogP contribution in [0.25, 0.3) is 0 Å². The van der Waals surface area contributed by atoms with Gasteiger partial charge in [0.05, 0.1) is 0 Å². The minimum absolute atomic E-state index is 0.100. The number of nitrogens with two attached hydrogens (primary N) is 1. The van der Waals surface area contributed by atoms with E-state index in [1.165, 1.54) is 18.6 Å². The van der Waals surface area contributed by atoms with E-state index in [0.29, 0.717) is 12.2 Å². The molecule has 1 aromatic carbocycles. The highest BCUT2D eigenvalue weighted by Crippen LogP contribution is 2.11. The molecule has 0 aliphatic heterocycles. The van der Waals surface area contributed by atoms with Gasteiger partial charge in [-0.05, 0) is 55.7 Å². The van der Waals surface area contributed by atoms with Crippen molar-refractivity contribution in [2.24, 2.45) is 10.9 Å². The number of ether oxygens (including phenoxy) is 1. The SMILES string of the molecule is CSCCCCNCCOc1ccc(/C(N)=N/O)cc1. The van der Waals surface area contributed by atoms with Crippen LogP contribution in [0, 0.1) is 0 Å². The summed E-state index contributed by atoms with van der Waals surface area (Å²) in [5, 5.41) is 14.9. The number of amidine groups is 1. The van der Waals surface area contributed by atoms with E-state index < -0.39 is 0 Å². The molecule has 0 aliphatic rings. The van der Waals surface area contributed by atoms with Gasteiger partial charge in [-0.2, -0.15) is 11.8 Å². The molecule has 0 radical (unpaired) electrons. The normalized spacial score (nSPS) is 11.6. The lowest BCUT2D eigenvalue weighted by atomic mass is 10.2. The van der Waals surface area contributed by atoms with Gasteiger partial charge >= 0.3 is 0 Å². The van der Waals surface area contributed by atoms with Crippen molar-refractivity contribution in [3.8, 4) is 5.75 Å². The van der Waals surface area contributed by atoms with Crippen LogP contribution in [0.3, 0.4) is 0 Å². The van der Waals surface area contributed by atoms with Gasteiger partial charge < -0.3 is 21.0 Å². The van der Waals surface area contributed by atoms with Gasteiger partial charge in [0, 0.05) is 12.1 Å². The van der Waals surface area contributed by atoms with Gasteiger partial charge in [-0.1, -0.05) is 5.16 Å². The van der Waals surface area contributed by atoms with Gasteiger partial charge in [-0.15, -0.1) is 0 Å². The van der Waals surface area contributed by atoms with Crippen molar-refractivity contribution in [3.05, 3.63) is 29.8 Å². The Morgan fingerprint density at radius 1 is 1.30 bits per heavy atom. The van der Waals surface area contributed by atoms with Crippen LogP contribution in [0.2, 0.25) is 0 Å². The monoisotopic (exact) mass is 297 g/mol. The average Bonchev–Trinajstić information content (AvgIpc) is 2.50. The third-order valence-corrected chi connectivity index (χ3v) is 3.45. The van der Waals surface area contributed by atoms with E-state index in [9.17, 15) is 0 Å². The van der Waals surface area contributed by atoms with E-state index >= 15 is 0 Å². The number of unbranched alkanes of at least 4 members (excludes halogenated alkanes) is 1. The van der Waals surface area contributed by atoms with Crippen LogP contribution in [0.4, 0.5) is 0 Å². The Bertz CT molecular complexity index is 396. The van der Waals surface area contributed by atoms with Gasteiger partial charge in [0.2, 0.25) is 0 Å². The van der Waals surface area contributed by atoms with Crippen LogP contribution >= 0.6 is 11.8 Å². The number of nitrogens with zero attached hydrogens (tertiary/aromatic N) is 1. The highest BCUT2D eigenvalue weighted by atomic mass is 32.2. The topological polar surface area (TPSA) is 79.9 Å². The molecule has 0 unspecified atom stereocenters. The highest BCUT2D eigenvalue weighted by Gasteiger charge is 1.99. The van der Waals surface area contributed by atoms with Crippen LogP contribution in [0.15, 0.2) is 29.4 Å². The van der Waals surface area contributed by atoms with Crippen molar-refractivity contribution < 1.29 is 9.94 Å². The Labute approximate surface area is 124 Å². The summed E-state index contributed by atoms with van der Waals surface area (Å²) >= 11 is 1.89. The van der Waals surface area contributed by atoms with Crippen molar-refractivity contribution >= 4 is 17.6 Å². The minimum atomic E-state index is 0.100. The number of benzene rings is 1. The predicted octanol–water partition coefficient (Wildman–Crippen LogP) is 1.89. The third kappa shape index (κ3) is 6.68. The summed E-state index contributed by atoms with van der Waals surface area (Å²) in [7, 11) is 0. The first kappa shape index (κ1) is 16.7. The van der Waals surface area contributed by atoms with Crippen molar-refractivity contribution in [2.75, 3.05) is 31.7 Å². The van der Waals surface area contributed by atoms with E-state index in [0.717, 1.165) is 18.8 Å². The average molecular weight is 297 g/mol. The molecule has 0 aromatic heterocycles. The molecule has 0 saturated carbocycles. The second-order valence-electron chi connectivity index (χ2n) is 4.31. The second-order valence-corrected chi connectivity index (χ2v) is 5.29. The van der Waals surface area contributed by atoms with E-state index in [2.05, 4.69) is 16.7 Å². The molecule has 5 nitrogen and oxygen atoms in total. The highest BCUT2D eigenvalue weighted by molar-refractivity contribution is 7.98. The summed E-state index contributed by atoms with van der Waals surface area (Å²) in [6.07, 6.45) is 4.59. The first-order chi connectivity index (χ1) is 9.77. The third-order valence-electron chi connectivity index (χ3n) is 2.76. The fourth-order valence-electron chi connectivity index (χ4n) is 1.64. The summed E-state index contributed by atoms with van der Waals surface area (Å²) in [5.41, 5.74) is 6.15. The van der Waals surface area contributed by atoms with Crippen LogP contribution in [0.1, 0.15) is 18.4 Å². The van der Waals surface area contributed by atoms with Gasteiger partial charge in [-0.3, -0.25) is 0 Å². The van der Waals surface area contributed by atoms with Crippen molar-refractivity contribution in [1.82, 2.24) is 5.32 Å². The van der Waals surface area contributed by atoms with Crippen molar-refractivity contribution in [3.63, 3.8) is 0 Å². The molecule has 0 fully saturated rings. The molecule has 0 atom stereocenters. The standard InChI is InChI=1S/C14H23N3O2S/c1-20-11-3-2-8-16-9-10-19-13-6-4-12(5-7-13)14(15)17-18/h4-7,16,18H,2-3,8-11H2,1H3,(H2,15,17). The maximum Gasteiger partial charge on any atom is 0.170 e. The lowest BCUT2D eigenvalue weighted by Gasteiger charge is -2.08. The largest absolute Gasteiger partial charge is 0.492 e. The quantitative estimate of drug-likeness (QED) is 0.202. The Hall–Kier alpha value is -1.40. The Kier molecular flexibility index (Phi) is 8.66. The first-order valence-corrected chi connectivity index (χ1v) is 8.07. The zero-order chi connectivity index (χ0) is 14.6. The summed E-state index contributed by atoms with van der Waals surface area (Å²) in [4.78, 5) is 0. The molecular formula is C14H23N3O2S. The molecule has 0 heterocycles. The number of oxime groups is 1. The van der Waals surface area contributed by atoms with Crippen molar-refractivity contribution in [1.29, 1.82) is 0 Å². The van der Waals surface area contributed by atoms with Gasteiger partial charge in [-0.25, -0.2) is 0 Å². The zero-order valence-electron chi connectivity index (χ0n) is 11.8. The second kappa shape index (κ2) is 10.4. The van der Waals surface area contributed by atoms with Gasteiger partial charge in [0.25, 0.3) is 0 Å². The Balaban J connectivity index is 2.13. The minimum Gasteiger partial charge on any atom is -0.492 e. The molecule has 0 amide bonds. The molecule has 112 valence electrons. The fraction of sp³-hybridized carbons (Fsp3) is 0.500. The lowest BCUT2D eigenvalue weighted by molar-refractivity contribution is 0.313. The number of thioether (sulfide) groups is 1. The summed E-state index contributed by atoms with van der Waals surface area (Å²) < 4.78 is 5.59. The maximum atomic E-state index is 8.56. The summed E-state index contributed by atoms with van der Waals surface area (Å²) in [6.45, 7) is 2.50. The van der Waals surface area contributed by atoms with Crippen LogP contribution in [0.5, 0.6) is 5.75 Å². The number of hydrogen-bond acceptors (Lipinski definition) is 5. The van der Waals surface area contributed by atoms with Crippen molar-refractivity contribution in [2.45, 2.75) is 12.8 Å². The fourth-order valence-corrected chi connectivity index (χ4v) is 2.13. The first-order valence-electron chi connectivity index (χ1n) is 6.68. The number of hydrogen-bond donors (Lipinski definition) is 3. The molecule has 0 spiro atoms. The van der Waals surface area contributed by atoms with Crippen LogP contribution in [-0.4, -0.2) is 42.7 Å². The Morgan fingerprint density at radius 2 is 2.05 bits per heavy atom. The van der Waals surface area contributed by atoms with Crippen LogP contribution < -0.4 is 15.8 Å². The lowest BCUT2D eigenvalue weighted by Crippen LogP contribution is -2.22. The maximum absolute atomic E-state index is 8.56. The summed E-state index contributed by atoms with van der Waals surface area (Å²) in [5.74, 6) is 2.11. The van der Waals surface area contributed by atoms with E-state index in [1.54, 1.807) is 12.1 Å². The molecule has 4 N–H and O–H groups in total. The molecule has 0 saturated heterocycles. The Morgan fingerprint density at radius 3 is 2.70 bits per heavy atom. The van der Waals surface area contributed by atoms with E-state index in [1.807, 2.05) is 23.9 Å². The van der Waals surface area contributed by atoms with E-state index in [4.69, 9.17) is 15.7 Å². The molecular weight excluding hydrogens is 274 g/mol. The smallest absolute Gasteiger partial charge is 0.170 e. The van der Waals surface area contributed by atoms with E-state index in [-0.39, 0.29) is 5.84 Å². The van der Waals surface area contributed by atoms with Gasteiger partial charge in [0.15, 0.2) is 5.84 Å². The molecule has 0 aliphatic carbocycles.